The Morgan fingerprint density at radius 2 is 1.52 bits per heavy atom. The van der Waals surface area contributed by atoms with Crippen LogP contribution in [0.3, 0.4) is 0 Å². The fraction of sp³-hybridized carbons (Fsp3) is 0.227. The van der Waals surface area contributed by atoms with E-state index in [2.05, 4.69) is 71.7 Å². The van der Waals surface area contributed by atoms with Crippen LogP contribution in [0, 0.1) is 18.3 Å². The quantitative estimate of drug-likeness (QED) is 0.650. The molecule has 5 nitrogen and oxygen atoms in total. The molecule has 0 saturated carbocycles. The van der Waals surface area contributed by atoms with Gasteiger partial charge < -0.3 is 10.6 Å². The predicted molar refractivity (Wildman–Crippen MR) is 110 cm³/mol. The number of benzene rings is 2. The van der Waals surface area contributed by atoms with Gasteiger partial charge in [0, 0.05) is 11.8 Å². The number of nitrogens with one attached hydrogen (secondary N) is 2. The number of nitriles is 1. The van der Waals surface area contributed by atoms with Gasteiger partial charge in [-0.25, -0.2) is 9.97 Å². The van der Waals surface area contributed by atoms with Gasteiger partial charge in [0.15, 0.2) is 0 Å². The summed E-state index contributed by atoms with van der Waals surface area (Å²) >= 11 is 0. The summed E-state index contributed by atoms with van der Waals surface area (Å²) in [5.74, 6) is 1.98. The number of aryl methyl sites for hydroxylation is 1. The van der Waals surface area contributed by atoms with Crippen molar-refractivity contribution in [3.8, 4) is 6.07 Å². The first-order valence-electron chi connectivity index (χ1n) is 8.84. The first kappa shape index (κ1) is 18.4. The summed E-state index contributed by atoms with van der Waals surface area (Å²) < 4.78 is 0. The fourth-order valence-corrected chi connectivity index (χ4v) is 2.72. The second-order valence-corrected chi connectivity index (χ2v) is 7.42. The highest BCUT2D eigenvalue weighted by molar-refractivity contribution is 5.67. The molecule has 0 bridgehead atoms. The minimum absolute atomic E-state index is 0.120. The Labute approximate surface area is 160 Å². The molecule has 2 N–H and O–H groups in total. The second kappa shape index (κ2) is 7.46. The number of aromatic nitrogens is 2. The van der Waals surface area contributed by atoms with Crippen molar-refractivity contribution in [3.05, 3.63) is 71.5 Å². The Hall–Kier alpha value is -3.39. The second-order valence-electron chi connectivity index (χ2n) is 7.42. The maximum Gasteiger partial charge on any atom is 0.136 e. The van der Waals surface area contributed by atoms with Crippen molar-refractivity contribution >= 4 is 23.0 Å². The Bertz CT molecular complexity index is 979. The molecule has 3 rings (SSSR count). The molecular weight excluding hydrogens is 334 g/mol. The van der Waals surface area contributed by atoms with Crippen molar-refractivity contribution in [1.29, 1.82) is 5.26 Å². The van der Waals surface area contributed by atoms with Gasteiger partial charge in [0.25, 0.3) is 0 Å². The molecular formula is C22H23N5. The van der Waals surface area contributed by atoms with Crippen LogP contribution < -0.4 is 10.6 Å². The molecule has 27 heavy (non-hydrogen) atoms. The van der Waals surface area contributed by atoms with E-state index in [-0.39, 0.29) is 5.41 Å². The Morgan fingerprint density at radius 3 is 2.15 bits per heavy atom. The molecule has 0 spiro atoms. The van der Waals surface area contributed by atoms with Gasteiger partial charge in [0.05, 0.1) is 11.3 Å². The lowest BCUT2D eigenvalue weighted by molar-refractivity contribution is 0.590. The Balaban J connectivity index is 1.82. The van der Waals surface area contributed by atoms with E-state index in [9.17, 15) is 5.26 Å². The van der Waals surface area contributed by atoms with Crippen LogP contribution in [0.4, 0.5) is 23.0 Å². The third kappa shape index (κ3) is 4.62. The highest BCUT2D eigenvalue weighted by Crippen LogP contribution is 2.26. The number of anilines is 4. The zero-order chi connectivity index (χ0) is 19.4. The van der Waals surface area contributed by atoms with Gasteiger partial charge in [-0.1, -0.05) is 45.0 Å². The summed E-state index contributed by atoms with van der Waals surface area (Å²) in [7, 11) is 0. The standard InChI is InChI=1S/C22H23N5/c1-15-24-20(26-18-11-9-17(10-12-18)22(2,3)4)13-21(25-15)27-19-8-6-5-7-16(19)14-23/h5-13H,1-4H3,(H2,24,25,26,27). The molecule has 0 aliphatic rings. The van der Waals surface area contributed by atoms with Crippen LogP contribution in [-0.4, -0.2) is 9.97 Å². The van der Waals surface area contributed by atoms with E-state index < -0.39 is 0 Å². The SMILES string of the molecule is Cc1nc(Nc2ccc(C(C)(C)C)cc2)cc(Nc2ccccc2C#N)n1. The molecule has 1 aromatic heterocycles. The summed E-state index contributed by atoms with van der Waals surface area (Å²) in [5, 5.41) is 15.8. The van der Waals surface area contributed by atoms with Gasteiger partial charge in [0.2, 0.25) is 0 Å². The van der Waals surface area contributed by atoms with Crippen molar-refractivity contribution in [2.24, 2.45) is 0 Å². The average Bonchev–Trinajstić information content (AvgIpc) is 2.61. The third-order valence-electron chi connectivity index (χ3n) is 4.17. The summed E-state index contributed by atoms with van der Waals surface area (Å²) in [4.78, 5) is 8.88. The van der Waals surface area contributed by atoms with Crippen LogP contribution in [-0.2, 0) is 5.41 Å². The zero-order valence-electron chi connectivity index (χ0n) is 16.0. The van der Waals surface area contributed by atoms with Crippen molar-refractivity contribution in [2.45, 2.75) is 33.1 Å². The minimum Gasteiger partial charge on any atom is -0.340 e. The van der Waals surface area contributed by atoms with E-state index in [1.54, 1.807) is 6.07 Å². The number of para-hydroxylation sites is 1. The van der Waals surface area contributed by atoms with Crippen molar-refractivity contribution < 1.29 is 0 Å². The van der Waals surface area contributed by atoms with E-state index in [4.69, 9.17) is 0 Å². The van der Waals surface area contributed by atoms with Crippen LogP contribution >= 0.6 is 0 Å². The molecule has 3 aromatic rings. The molecule has 0 unspecified atom stereocenters. The number of rotatable bonds is 4. The summed E-state index contributed by atoms with van der Waals surface area (Å²) in [6.45, 7) is 8.43. The Morgan fingerprint density at radius 1 is 0.889 bits per heavy atom. The van der Waals surface area contributed by atoms with Gasteiger partial charge in [-0.15, -0.1) is 0 Å². The van der Waals surface area contributed by atoms with E-state index >= 15 is 0 Å². The first-order chi connectivity index (χ1) is 12.8. The van der Waals surface area contributed by atoms with Gasteiger partial charge in [-0.2, -0.15) is 5.26 Å². The number of nitrogens with zero attached hydrogens (tertiary/aromatic N) is 3. The van der Waals surface area contributed by atoms with Crippen molar-refractivity contribution in [1.82, 2.24) is 9.97 Å². The highest BCUT2D eigenvalue weighted by Gasteiger charge is 2.13. The van der Waals surface area contributed by atoms with E-state index in [1.807, 2.05) is 31.2 Å². The lowest BCUT2D eigenvalue weighted by Crippen LogP contribution is -2.10. The van der Waals surface area contributed by atoms with E-state index in [1.165, 1.54) is 5.56 Å². The lowest BCUT2D eigenvalue weighted by Gasteiger charge is -2.19. The van der Waals surface area contributed by atoms with Crippen LogP contribution in [0.5, 0.6) is 0 Å². The molecule has 0 saturated heterocycles. The Kier molecular flexibility index (Phi) is 5.09. The molecule has 1 heterocycles. The van der Waals surface area contributed by atoms with Gasteiger partial charge in [-0.3, -0.25) is 0 Å². The van der Waals surface area contributed by atoms with Crippen LogP contribution in [0.15, 0.2) is 54.6 Å². The zero-order valence-corrected chi connectivity index (χ0v) is 16.0. The molecule has 0 atom stereocenters. The first-order valence-corrected chi connectivity index (χ1v) is 8.84. The number of hydrogen-bond acceptors (Lipinski definition) is 5. The molecule has 5 heteroatoms. The van der Waals surface area contributed by atoms with Gasteiger partial charge in [-0.05, 0) is 42.2 Å². The molecule has 0 fully saturated rings. The van der Waals surface area contributed by atoms with Crippen LogP contribution in [0.25, 0.3) is 0 Å². The monoisotopic (exact) mass is 357 g/mol. The lowest BCUT2D eigenvalue weighted by atomic mass is 9.87. The molecule has 2 aromatic carbocycles. The van der Waals surface area contributed by atoms with Crippen LogP contribution in [0.1, 0.15) is 37.7 Å². The molecule has 0 amide bonds. The fourth-order valence-electron chi connectivity index (χ4n) is 2.72. The smallest absolute Gasteiger partial charge is 0.136 e. The third-order valence-corrected chi connectivity index (χ3v) is 4.17. The number of hydrogen-bond donors (Lipinski definition) is 2. The molecule has 136 valence electrons. The van der Waals surface area contributed by atoms with E-state index in [0.29, 0.717) is 23.0 Å². The van der Waals surface area contributed by atoms with Gasteiger partial charge in [0.1, 0.15) is 23.5 Å². The summed E-state index contributed by atoms with van der Waals surface area (Å²) in [6.07, 6.45) is 0. The van der Waals surface area contributed by atoms with E-state index in [0.717, 1.165) is 11.4 Å². The maximum atomic E-state index is 9.24. The molecule has 0 aliphatic heterocycles. The topological polar surface area (TPSA) is 73.6 Å². The molecule has 0 radical (unpaired) electrons. The summed E-state index contributed by atoms with van der Waals surface area (Å²) in [6, 6.07) is 19.7. The minimum atomic E-state index is 0.120. The summed E-state index contributed by atoms with van der Waals surface area (Å²) in [5.41, 5.74) is 3.65. The average molecular weight is 357 g/mol. The van der Waals surface area contributed by atoms with Crippen LogP contribution in [0.2, 0.25) is 0 Å². The normalized spacial score (nSPS) is 10.9. The highest BCUT2D eigenvalue weighted by atomic mass is 15.1. The maximum absolute atomic E-state index is 9.24. The largest absolute Gasteiger partial charge is 0.340 e. The van der Waals surface area contributed by atoms with Crippen molar-refractivity contribution in [2.75, 3.05) is 10.6 Å². The predicted octanol–water partition coefficient (Wildman–Crippen LogP) is 5.44. The van der Waals surface area contributed by atoms with Gasteiger partial charge >= 0.3 is 0 Å². The van der Waals surface area contributed by atoms with Crippen molar-refractivity contribution in [3.63, 3.8) is 0 Å². The molecule has 0 aliphatic carbocycles.